The van der Waals surface area contributed by atoms with Gasteiger partial charge >= 0.3 is 12.0 Å². The summed E-state index contributed by atoms with van der Waals surface area (Å²) in [6.07, 6.45) is 9.00. The summed E-state index contributed by atoms with van der Waals surface area (Å²) in [5.41, 5.74) is 0. The fourth-order valence-corrected chi connectivity index (χ4v) is 2.69. The first-order valence-corrected chi connectivity index (χ1v) is 8.61. The van der Waals surface area contributed by atoms with Gasteiger partial charge in [-0.05, 0) is 25.7 Å². The molecule has 0 aliphatic heterocycles. The van der Waals surface area contributed by atoms with E-state index in [1.165, 1.54) is 6.42 Å². The van der Waals surface area contributed by atoms with Crippen LogP contribution in [0.2, 0.25) is 0 Å². The third kappa shape index (κ3) is 10.5. The first-order chi connectivity index (χ1) is 11.1. The fraction of sp³-hybridized carbons (Fsp3) is 0.812. The third-order valence-corrected chi connectivity index (χ3v) is 3.99. The van der Waals surface area contributed by atoms with E-state index in [0.29, 0.717) is 13.0 Å². The zero-order valence-corrected chi connectivity index (χ0v) is 13.7. The van der Waals surface area contributed by atoms with Crippen molar-refractivity contribution in [2.24, 2.45) is 0 Å². The van der Waals surface area contributed by atoms with E-state index in [9.17, 15) is 14.4 Å². The van der Waals surface area contributed by atoms with Crippen LogP contribution >= 0.6 is 0 Å². The number of carboxylic acids is 1. The molecule has 0 saturated heterocycles. The van der Waals surface area contributed by atoms with Crippen LogP contribution in [0, 0.1) is 0 Å². The summed E-state index contributed by atoms with van der Waals surface area (Å²) >= 11 is 0. The molecule has 7 nitrogen and oxygen atoms in total. The Balaban J connectivity index is 1.94. The van der Waals surface area contributed by atoms with Crippen molar-refractivity contribution >= 4 is 17.9 Å². The van der Waals surface area contributed by atoms with Gasteiger partial charge in [-0.25, -0.2) is 4.79 Å². The molecule has 0 aromatic rings. The van der Waals surface area contributed by atoms with Gasteiger partial charge in [0.05, 0.1) is 6.54 Å². The molecule has 1 rings (SSSR count). The molecule has 1 fully saturated rings. The largest absolute Gasteiger partial charge is 0.481 e. The number of amides is 3. The molecule has 0 aromatic carbocycles. The van der Waals surface area contributed by atoms with Gasteiger partial charge in [0.25, 0.3) is 0 Å². The highest BCUT2D eigenvalue weighted by Gasteiger charge is 2.15. The molecule has 7 heteroatoms. The molecule has 0 atom stereocenters. The molecule has 132 valence electrons. The van der Waals surface area contributed by atoms with Gasteiger partial charge < -0.3 is 21.1 Å². The predicted octanol–water partition coefficient (Wildman–Crippen LogP) is 1.77. The van der Waals surface area contributed by atoms with Gasteiger partial charge in [0.15, 0.2) is 0 Å². The summed E-state index contributed by atoms with van der Waals surface area (Å²) in [6.45, 7) is 0.537. The van der Waals surface area contributed by atoms with E-state index in [2.05, 4.69) is 16.0 Å². The molecule has 1 aliphatic carbocycles. The Morgan fingerprint density at radius 2 is 1.61 bits per heavy atom. The average molecular weight is 327 g/mol. The van der Waals surface area contributed by atoms with Gasteiger partial charge in [-0.1, -0.05) is 32.1 Å². The summed E-state index contributed by atoms with van der Waals surface area (Å²) in [5.74, 6) is -0.967. The van der Waals surface area contributed by atoms with Gasteiger partial charge in [0, 0.05) is 19.0 Å². The quantitative estimate of drug-likeness (QED) is 0.459. The van der Waals surface area contributed by atoms with Gasteiger partial charge in [-0.2, -0.15) is 0 Å². The monoisotopic (exact) mass is 327 g/mol. The van der Waals surface area contributed by atoms with E-state index in [-0.39, 0.29) is 30.9 Å². The van der Waals surface area contributed by atoms with Crippen LogP contribution in [0.15, 0.2) is 0 Å². The molecular weight excluding hydrogens is 298 g/mol. The zero-order chi connectivity index (χ0) is 16.9. The number of hydrogen-bond donors (Lipinski definition) is 4. The number of carbonyl (C=O) groups is 3. The third-order valence-electron chi connectivity index (χ3n) is 3.99. The number of carbonyl (C=O) groups excluding carboxylic acids is 2. The smallest absolute Gasteiger partial charge is 0.315 e. The number of rotatable bonds is 10. The van der Waals surface area contributed by atoms with Crippen molar-refractivity contribution in [1.82, 2.24) is 16.0 Å². The van der Waals surface area contributed by atoms with Crippen molar-refractivity contribution in [1.29, 1.82) is 0 Å². The minimum Gasteiger partial charge on any atom is -0.481 e. The van der Waals surface area contributed by atoms with Crippen LogP contribution in [-0.4, -0.2) is 42.1 Å². The molecule has 0 radical (unpaired) electrons. The maximum absolute atomic E-state index is 11.7. The second-order valence-electron chi connectivity index (χ2n) is 6.07. The topological polar surface area (TPSA) is 108 Å². The SMILES string of the molecule is O=C(O)CCCCCCNC(=O)CNC(=O)NC1CCCCC1. The van der Waals surface area contributed by atoms with Crippen molar-refractivity contribution in [3.8, 4) is 0 Å². The standard InChI is InChI=1S/C16H29N3O4/c20-14(17-11-7-2-1-6-10-15(21)22)12-18-16(23)19-13-8-4-3-5-9-13/h13H,1-12H2,(H,17,20)(H,21,22)(H2,18,19,23). The molecule has 0 heterocycles. The first kappa shape index (κ1) is 19.3. The fourth-order valence-electron chi connectivity index (χ4n) is 2.69. The molecule has 3 amide bonds. The Morgan fingerprint density at radius 3 is 2.30 bits per heavy atom. The lowest BCUT2D eigenvalue weighted by Crippen LogP contribution is -2.46. The van der Waals surface area contributed by atoms with Gasteiger partial charge in [0.2, 0.25) is 5.91 Å². The van der Waals surface area contributed by atoms with Crippen LogP contribution in [0.25, 0.3) is 0 Å². The average Bonchev–Trinajstić information content (AvgIpc) is 2.52. The van der Waals surface area contributed by atoms with E-state index in [4.69, 9.17) is 5.11 Å². The Hall–Kier alpha value is -1.79. The molecule has 4 N–H and O–H groups in total. The van der Waals surface area contributed by atoms with Crippen LogP contribution in [0.4, 0.5) is 4.79 Å². The Kier molecular flexibility index (Phi) is 9.83. The molecule has 0 spiro atoms. The second-order valence-corrected chi connectivity index (χ2v) is 6.07. The van der Waals surface area contributed by atoms with E-state index >= 15 is 0 Å². The van der Waals surface area contributed by atoms with Crippen molar-refractivity contribution in [3.05, 3.63) is 0 Å². The Bertz CT molecular complexity index is 382. The number of carboxylic acid groups (broad SMARTS) is 1. The minimum atomic E-state index is -0.768. The first-order valence-electron chi connectivity index (χ1n) is 8.61. The molecule has 23 heavy (non-hydrogen) atoms. The summed E-state index contributed by atoms with van der Waals surface area (Å²) in [4.78, 5) is 33.6. The second kappa shape index (κ2) is 11.7. The lowest BCUT2D eigenvalue weighted by Gasteiger charge is -2.22. The molecule has 1 saturated carbocycles. The number of aliphatic carboxylic acids is 1. The van der Waals surface area contributed by atoms with Crippen molar-refractivity contribution in [2.75, 3.05) is 13.1 Å². The normalized spacial score (nSPS) is 15.0. The molecule has 1 aliphatic rings. The van der Waals surface area contributed by atoms with Gasteiger partial charge in [-0.15, -0.1) is 0 Å². The lowest BCUT2D eigenvalue weighted by atomic mass is 9.96. The van der Waals surface area contributed by atoms with Crippen LogP contribution in [0.1, 0.15) is 64.2 Å². The summed E-state index contributed by atoms with van der Waals surface area (Å²) < 4.78 is 0. The highest BCUT2D eigenvalue weighted by Crippen LogP contribution is 2.17. The van der Waals surface area contributed by atoms with E-state index in [0.717, 1.165) is 44.9 Å². The van der Waals surface area contributed by atoms with E-state index < -0.39 is 5.97 Å². The maximum Gasteiger partial charge on any atom is 0.315 e. The number of unbranched alkanes of at least 4 members (excludes halogenated alkanes) is 3. The highest BCUT2D eigenvalue weighted by molar-refractivity contribution is 5.83. The van der Waals surface area contributed by atoms with Crippen LogP contribution in [0.5, 0.6) is 0 Å². The van der Waals surface area contributed by atoms with Crippen molar-refractivity contribution < 1.29 is 19.5 Å². The van der Waals surface area contributed by atoms with Crippen molar-refractivity contribution in [3.63, 3.8) is 0 Å². The number of hydrogen-bond acceptors (Lipinski definition) is 3. The Labute approximate surface area is 137 Å². The van der Waals surface area contributed by atoms with Crippen LogP contribution in [-0.2, 0) is 9.59 Å². The zero-order valence-electron chi connectivity index (χ0n) is 13.7. The summed E-state index contributed by atoms with van der Waals surface area (Å²) in [6, 6.07) is -0.0432. The van der Waals surface area contributed by atoms with E-state index in [1.807, 2.05) is 0 Å². The van der Waals surface area contributed by atoms with Gasteiger partial charge in [0.1, 0.15) is 0 Å². The van der Waals surface area contributed by atoms with E-state index in [1.54, 1.807) is 0 Å². The molecular formula is C16H29N3O4. The van der Waals surface area contributed by atoms with Crippen LogP contribution in [0.3, 0.4) is 0 Å². The lowest BCUT2D eigenvalue weighted by molar-refractivity contribution is -0.137. The van der Waals surface area contributed by atoms with Crippen LogP contribution < -0.4 is 16.0 Å². The Morgan fingerprint density at radius 1 is 0.913 bits per heavy atom. The summed E-state index contributed by atoms with van der Waals surface area (Å²) in [7, 11) is 0. The number of urea groups is 1. The summed E-state index contributed by atoms with van der Waals surface area (Å²) in [5, 5.41) is 16.7. The maximum atomic E-state index is 11.7. The van der Waals surface area contributed by atoms with Crippen molar-refractivity contribution in [2.45, 2.75) is 70.3 Å². The van der Waals surface area contributed by atoms with Gasteiger partial charge in [-0.3, -0.25) is 9.59 Å². The molecule has 0 aromatic heterocycles. The highest BCUT2D eigenvalue weighted by atomic mass is 16.4. The molecule has 0 unspecified atom stereocenters. The molecule has 0 bridgehead atoms. The number of nitrogens with one attached hydrogen (secondary N) is 3. The minimum absolute atomic E-state index is 0.0163. The predicted molar refractivity (Wildman–Crippen MR) is 87.1 cm³/mol.